The number of fused-ring (bicyclic) bond motifs is 1. The molecule has 0 unspecified atom stereocenters. The van der Waals surface area contributed by atoms with Crippen LogP contribution in [0.1, 0.15) is 102 Å². The summed E-state index contributed by atoms with van der Waals surface area (Å²) in [5.41, 5.74) is 0.513. The molecule has 2 aromatic carbocycles. The molecule has 0 spiro atoms. The summed E-state index contributed by atoms with van der Waals surface area (Å²) in [5.74, 6) is -4.15. The number of piperidine rings is 1. The van der Waals surface area contributed by atoms with Crippen molar-refractivity contribution in [3.63, 3.8) is 0 Å². The molecule has 76 heavy (non-hydrogen) atoms. The van der Waals surface area contributed by atoms with E-state index in [9.17, 15) is 51.9 Å². The number of benzene rings is 2. The van der Waals surface area contributed by atoms with Gasteiger partial charge in [0.15, 0.2) is 17.8 Å². The van der Waals surface area contributed by atoms with Crippen LogP contribution >= 0.6 is 11.8 Å². The highest BCUT2D eigenvalue weighted by Gasteiger charge is 2.58. The average Bonchev–Trinajstić information content (AvgIpc) is 3.96. The molecular weight excluding hydrogens is 1020 g/mol. The Morgan fingerprint density at radius 3 is 2.49 bits per heavy atom. The van der Waals surface area contributed by atoms with Crippen molar-refractivity contribution in [3.8, 4) is 11.5 Å². The number of aliphatic hydroxyl groups excluding tert-OH is 1. The van der Waals surface area contributed by atoms with Gasteiger partial charge in [0.2, 0.25) is 33.5 Å². The molecule has 3 fully saturated rings. The second-order valence-electron chi connectivity index (χ2n) is 20.3. The van der Waals surface area contributed by atoms with Gasteiger partial charge >= 0.3 is 5.97 Å². The molecule has 4 aliphatic heterocycles. The second kappa shape index (κ2) is 26.4. The summed E-state index contributed by atoms with van der Waals surface area (Å²) in [6, 6.07) is 9.38. The number of methoxy groups -OCH3 is 2. The van der Waals surface area contributed by atoms with Crippen LogP contribution in [0.5, 0.6) is 11.5 Å². The molecule has 0 aromatic heterocycles. The van der Waals surface area contributed by atoms with Crippen molar-refractivity contribution in [2.75, 3.05) is 58.1 Å². The Hall–Kier alpha value is -5.88. The number of anilines is 1. The first-order valence-corrected chi connectivity index (χ1v) is 28.3. The largest absolute Gasteiger partial charge is 0.493 e. The Bertz CT molecular complexity index is 2640. The Morgan fingerprint density at radius 2 is 1.79 bits per heavy atom. The summed E-state index contributed by atoms with van der Waals surface area (Å²) >= 11 is 1.44. The lowest BCUT2D eigenvalue weighted by molar-refractivity contribution is -0.166. The number of amides is 5. The number of ketones is 1. The predicted molar refractivity (Wildman–Crippen MR) is 281 cm³/mol. The predicted octanol–water partition coefficient (Wildman–Crippen LogP) is 3.28. The van der Waals surface area contributed by atoms with Crippen LogP contribution in [0.25, 0.3) is 0 Å². The fourth-order valence-electron chi connectivity index (χ4n) is 9.79. The van der Waals surface area contributed by atoms with Crippen LogP contribution in [0.3, 0.4) is 0 Å². The van der Waals surface area contributed by atoms with Crippen LogP contribution < -0.4 is 30.1 Å². The third-order valence-corrected chi connectivity index (χ3v) is 17.4. The van der Waals surface area contributed by atoms with Gasteiger partial charge in [-0.2, -0.15) is 0 Å². The van der Waals surface area contributed by atoms with Gasteiger partial charge in [-0.25, -0.2) is 17.9 Å². The molecule has 4 heterocycles. The molecule has 5 amide bonds. The Kier molecular flexibility index (Phi) is 20.7. The molecule has 416 valence electrons. The number of aliphatic hydroxyl groups is 1. The smallest absolute Gasteiger partial charge is 0.329 e. The summed E-state index contributed by atoms with van der Waals surface area (Å²) in [4.78, 5) is 108. The number of likely N-dealkylation sites (tertiary alicyclic amines) is 1. The minimum atomic E-state index is -4.18. The van der Waals surface area contributed by atoms with E-state index in [1.165, 1.54) is 54.0 Å². The average molecular weight is 1100 g/mol. The number of hydrogen-bond acceptors (Lipinski definition) is 17. The van der Waals surface area contributed by atoms with E-state index in [1.807, 2.05) is 30.7 Å². The summed E-state index contributed by atoms with van der Waals surface area (Å²) < 4.78 is 50.5. The number of rotatable bonds is 27. The standard InChI is InChI=1S/C53H72N6O15S2/c1-8-53(4,5)47(63)51(67)58-22-10-9-15-39(58)52(68)74-36(19-17-33-18-20-41(71-6)42(25-33)72-7)30-73-23-21-54-43(62)16-12-24-76(69,70)57-48(64)34-13-11-14-35(26-34)56-49(65)38-27-37(28-55-38)75-46-31(2)45-44(32(3)61)50(66)59(45)40(46)29-60/h11,13-14,18,20,25-26,29,31-32,36-39,44-45,55,61H,8-10,12,15-17,19,21-24,27-28,30H2,1-7H3,(H,54,62)(H,56,65)(H,57,64)/t31-,32-,36-,37+,38+,39+,44-,45-/m1/s1. The fraction of sp³-hybridized carbons (Fsp3) is 0.585. The van der Waals surface area contributed by atoms with Crippen LogP contribution in [-0.2, 0) is 59.5 Å². The van der Waals surface area contributed by atoms with Crippen LogP contribution in [0.15, 0.2) is 53.1 Å². The molecule has 4 aliphatic rings. The zero-order valence-corrected chi connectivity index (χ0v) is 45.9. The number of thioether (sulfide) groups is 1. The van der Waals surface area contributed by atoms with Crippen molar-refractivity contribution in [2.24, 2.45) is 17.3 Å². The van der Waals surface area contributed by atoms with Gasteiger partial charge in [0.1, 0.15) is 12.1 Å². The van der Waals surface area contributed by atoms with E-state index in [1.54, 1.807) is 32.9 Å². The molecule has 0 aliphatic carbocycles. The molecular formula is C53H72N6O15S2. The number of allylic oxidation sites excluding steroid dienone is 1. The fourth-order valence-corrected chi connectivity index (χ4v) is 12.3. The SMILES string of the molecule is CCC(C)(C)C(=O)C(=O)N1CCCC[C@H]1C(=O)O[C@H](CCc1ccc(OC)c(OC)c1)COCCNC(=O)CCCS(=O)(=O)NC(=O)c1cccc(NC(=O)[C@@H]2C[C@H](SC3=C(C=O)N4C(=O)[C@H]([C@@H](C)O)[C@H]4[C@H]3C)CN2)c1. The lowest BCUT2D eigenvalue weighted by Crippen LogP contribution is -2.63. The van der Waals surface area contributed by atoms with E-state index in [2.05, 4.69) is 16.0 Å². The molecule has 8 atom stereocenters. The molecule has 6 rings (SSSR count). The van der Waals surface area contributed by atoms with E-state index in [0.29, 0.717) is 75.0 Å². The van der Waals surface area contributed by atoms with E-state index < -0.39 is 80.9 Å². The molecule has 3 saturated heterocycles. The molecule has 23 heteroatoms. The molecule has 2 aromatic rings. The van der Waals surface area contributed by atoms with Crippen molar-refractivity contribution in [1.82, 2.24) is 25.2 Å². The lowest BCUT2D eigenvalue weighted by atomic mass is 9.79. The van der Waals surface area contributed by atoms with Gasteiger partial charge in [0.05, 0.1) is 63.0 Å². The lowest BCUT2D eigenvalue weighted by Gasteiger charge is -2.46. The normalized spacial score (nSPS) is 22.2. The molecule has 0 bridgehead atoms. The molecule has 0 radical (unpaired) electrons. The number of carbonyl (C=O) groups excluding carboxylic acids is 8. The zero-order valence-electron chi connectivity index (χ0n) is 44.2. The zero-order chi connectivity index (χ0) is 55.5. The molecule has 0 saturated carbocycles. The van der Waals surface area contributed by atoms with Crippen molar-refractivity contribution in [2.45, 2.75) is 128 Å². The van der Waals surface area contributed by atoms with Crippen LogP contribution in [0.2, 0.25) is 0 Å². The maximum atomic E-state index is 13.8. The van der Waals surface area contributed by atoms with Gasteiger partial charge in [-0.3, -0.25) is 33.6 Å². The van der Waals surface area contributed by atoms with Crippen molar-refractivity contribution in [1.29, 1.82) is 0 Å². The highest BCUT2D eigenvalue weighted by molar-refractivity contribution is 8.03. The van der Waals surface area contributed by atoms with Gasteiger partial charge in [0.25, 0.3) is 11.8 Å². The Morgan fingerprint density at radius 1 is 1.04 bits per heavy atom. The number of carbonyl (C=O) groups is 8. The van der Waals surface area contributed by atoms with E-state index in [-0.39, 0.29) is 79.4 Å². The summed E-state index contributed by atoms with van der Waals surface area (Å²) in [5, 5.41) is 18.7. The first kappa shape index (κ1) is 59.4. The van der Waals surface area contributed by atoms with E-state index in [4.69, 9.17) is 18.9 Å². The number of nitrogens with one attached hydrogen (secondary N) is 4. The topological polar surface area (TPSA) is 282 Å². The number of ether oxygens (including phenoxy) is 4. The third-order valence-electron chi connectivity index (χ3n) is 14.5. The van der Waals surface area contributed by atoms with Crippen LogP contribution in [0, 0.1) is 17.3 Å². The molecule has 5 N–H and O–H groups in total. The second-order valence-corrected chi connectivity index (χ2v) is 23.5. The van der Waals surface area contributed by atoms with Gasteiger partial charge < -0.3 is 49.8 Å². The highest BCUT2D eigenvalue weighted by Crippen LogP contribution is 2.51. The van der Waals surface area contributed by atoms with Gasteiger partial charge in [-0.05, 0) is 94.2 Å². The van der Waals surface area contributed by atoms with Crippen molar-refractivity contribution < 1.29 is 70.8 Å². The number of esters is 1. The Labute approximate surface area is 448 Å². The number of aryl methyl sites for hydroxylation is 1. The number of sulfonamides is 1. The maximum absolute atomic E-state index is 13.8. The summed E-state index contributed by atoms with van der Waals surface area (Å²) in [6.07, 6.45) is 2.06. The highest BCUT2D eigenvalue weighted by atomic mass is 32.2. The van der Waals surface area contributed by atoms with Crippen molar-refractivity contribution in [3.05, 3.63) is 64.2 Å². The number of nitrogens with zero attached hydrogens (tertiary/aromatic N) is 2. The number of Topliss-reactive ketones (excluding diaryl/α,β-unsaturated/α-hetero) is 1. The Balaban J connectivity index is 0.931. The number of β-lactam (4-membered cyclic amide) rings is 1. The first-order chi connectivity index (χ1) is 36.1. The van der Waals surface area contributed by atoms with Gasteiger partial charge in [-0.15, -0.1) is 11.8 Å². The summed E-state index contributed by atoms with van der Waals surface area (Å²) in [7, 11) is -1.12. The maximum Gasteiger partial charge on any atom is 0.329 e. The van der Waals surface area contributed by atoms with E-state index >= 15 is 0 Å². The van der Waals surface area contributed by atoms with Gasteiger partial charge in [-0.1, -0.05) is 39.8 Å². The minimum Gasteiger partial charge on any atom is -0.493 e. The number of hydrogen-bond donors (Lipinski definition) is 5. The number of aldehydes is 1. The van der Waals surface area contributed by atoms with Gasteiger partial charge in [0, 0.05) is 58.8 Å². The minimum absolute atomic E-state index is 0.0202. The first-order valence-electron chi connectivity index (χ1n) is 25.8. The third kappa shape index (κ3) is 14.6. The molecule has 21 nitrogen and oxygen atoms in total. The van der Waals surface area contributed by atoms with Crippen LogP contribution in [-0.4, -0.2) is 159 Å². The van der Waals surface area contributed by atoms with Crippen molar-refractivity contribution >= 4 is 75.0 Å². The summed E-state index contributed by atoms with van der Waals surface area (Å²) in [6.45, 7) is 9.44. The van der Waals surface area contributed by atoms with E-state index in [0.717, 1.165) is 10.5 Å². The quantitative estimate of drug-likeness (QED) is 0.0282. The van der Waals surface area contributed by atoms with Crippen LogP contribution in [0.4, 0.5) is 5.69 Å². The monoisotopic (exact) mass is 1100 g/mol.